The average molecular weight is 238 g/mol. The van der Waals surface area contributed by atoms with Crippen molar-refractivity contribution in [2.45, 2.75) is 78.6 Å². The molecule has 0 aliphatic rings. The maximum Gasteiger partial charge on any atom is 0.116 e. The molecule has 0 aliphatic heterocycles. The molecule has 1 heteroatoms. The Hall–Kier alpha value is -0.720. The molecule has 0 saturated carbocycles. The van der Waals surface area contributed by atoms with Crippen LogP contribution in [-0.2, 0) is 0 Å². The van der Waals surface area contributed by atoms with E-state index in [1.807, 2.05) is 13.8 Å². The number of aliphatic hydroxyl groups is 1. The topological polar surface area (TPSA) is 20.2 Å². The Kier molecular flexibility index (Phi) is 9.99. The normalized spacial score (nSPS) is 10.3. The second-order valence-corrected chi connectivity index (χ2v) is 5.18. The highest BCUT2D eigenvalue weighted by Gasteiger charge is 2.01. The summed E-state index contributed by atoms with van der Waals surface area (Å²) in [7, 11) is 0. The summed E-state index contributed by atoms with van der Waals surface area (Å²) in [6.07, 6.45) is 11.5. The van der Waals surface area contributed by atoms with Gasteiger partial charge in [-0.3, -0.25) is 0 Å². The SMILES string of the molecule is C=C(CCCCCCCCCC)C(O)=C(C)C. The second kappa shape index (κ2) is 10.4. The highest BCUT2D eigenvalue weighted by atomic mass is 16.3. The maximum absolute atomic E-state index is 9.67. The van der Waals surface area contributed by atoms with Crippen molar-refractivity contribution in [3.05, 3.63) is 23.5 Å². The van der Waals surface area contributed by atoms with Crippen LogP contribution in [0.1, 0.15) is 78.6 Å². The van der Waals surface area contributed by atoms with E-state index in [0.29, 0.717) is 5.76 Å². The van der Waals surface area contributed by atoms with Crippen LogP contribution in [0.15, 0.2) is 23.5 Å². The molecular weight excluding hydrogens is 208 g/mol. The van der Waals surface area contributed by atoms with Crippen LogP contribution in [0.2, 0.25) is 0 Å². The van der Waals surface area contributed by atoms with Crippen LogP contribution in [0.5, 0.6) is 0 Å². The quantitative estimate of drug-likeness (QED) is 0.284. The van der Waals surface area contributed by atoms with Gasteiger partial charge in [0, 0.05) is 0 Å². The van der Waals surface area contributed by atoms with Crippen LogP contribution in [-0.4, -0.2) is 5.11 Å². The molecule has 1 nitrogen and oxygen atoms in total. The van der Waals surface area contributed by atoms with Crippen LogP contribution in [0, 0.1) is 0 Å². The number of rotatable bonds is 10. The number of allylic oxidation sites excluding steroid dienone is 2. The number of unbranched alkanes of at least 4 members (excludes halogenated alkanes) is 7. The fourth-order valence-electron chi connectivity index (χ4n) is 1.94. The molecule has 0 atom stereocenters. The Morgan fingerprint density at radius 3 is 1.82 bits per heavy atom. The third kappa shape index (κ3) is 9.02. The van der Waals surface area contributed by atoms with Crippen molar-refractivity contribution in [3.8, 4) is 0 Å². The monoisotopic (exact) mass is 238 g/mol. The van der Waals surface area contributed by atoms with Gasteiger partial charge in [-0.05, 0) is 37.8 Å². The molecule has 0 aliphatic carbocycles. The summed E-state index contributed by atoms with van der Waals surface area (Å²) < 4.78 is 0. The molecule has 0 radical (unpaired) electrons. The summed E-state index contributed by atoms with van der Waals surface area (Å²) in [5, 5.41) is 9.67. The molecule has 0 bridgehead atoms. The molecule has 0 aromatic carbocycles. The van der Waals surface area contributed by atoms with Crippen molar-refractivity contribution in [1.82, 2.24) is 0 Å². The van der Waals surface area contributed by atoms with E-state index in [-0.39, 0.29) is 0 Å². The van der Waals surface area contributed by atoms with Gasteiger partial charge < -0.3 is 5.11 Å². The molecule has 0 saturated heterocycles. The summed E-state index contributed by atoms with van der Waals surface area (Å²) in [5.41, 5.74) is 1.87. The van der Waals surface area contributed by atoms with E-state index < -0.39 is 0 Å². The highest BCUT2D eigenvalue weighted by Crippen LogP contribution is 2.17. The molecule has 0 aromatic heterocycles. The van der Waals surface area contributed by atoms with Crippen molar-refractivity contribution in [3.63, 3.8) is 0 Å². The van der Waals surface area contributed by atoms with Gasteiger partial charge in [0.25, 0.3) is 0 Å². The number of aliphatic hydroxyl groups excluding tert-OH is 1. The van der Waals surface area contributed by atoms with Gasteiger partial charge in [-0.2, -0.15) is 0 Å². The van der Waals surface area contributed by atoms with E-state index in [9.17, 15) is 5.11 Å². The molecular formula is C16H30O. The first kappa shape index (κ1) is 16.3. The number of hydrogen-bond donors (Lipinski definition) is 1. The van der Waals surface area contributed by atoms with Crippen LogP contribution in [0.3, 0.4) is 0 Å². The van der Waals surface area contributed by atoms with E-state index in [0.717, 1.165) is 24.0 Å². The molecule has 0 spiro atoms. The molecule has 0 heterocycles. The van der Waals surface area contributed by atoms with Crippen molar-refractivity contribution in [2.24, 2.45) is 0 Å². The molecule has 0 unspecified atom stereocenters. The molecule has 0 amide bonds. The molecule has 17 heavy (non-hydrogen) atoms. The fraction of sp³-hybridized carbons (Fsp3) is 0.750. The lowest BCUT2D eigenvalue weighted by atomic mass is 10.0. The predicted molar refractivity (Wildman–Crippen MR) is 77.4 cm³/mol. The Morgan fingerprint density at radius 1 is 0.882 bits per heavy atom. The fourth-order valence-corrected chi connectivity index (χ4v) is 1.94. The molecule has 0 aromatic rings. The first-order chi connectivity index (χ1) is 8.09. The zero-order valence-electron chi connectivity index (χ0n) is 12.0. The summed E-state index contributed by atoms with van der Waals surface area (Å²) in [6.45, 7) is 10.0. The summed E-state index contributed by atoms with van der Waals surface area (Å²) in [4.78, 5) is 0. The minimum atomic E-state index is 0.410. The van der Waals surface area contributed by atoms with Gasteiger partial charge in [-0.1, -0.05) is 58.4 Å². The first-order valence-electron chi connectivity index (χ1n) is 7.14. The Labute approximate surface area is 108 Å². The van der Waals surface area contributed by atoms with Crippen molar-refractivity contribution in [1.29, 1.82) is 0 Å². The van der Waals surface area contributed by atoms with Gasteiger partial charge in [-0.15, -0.1) is 0 Å². The Bertz CT molecular complexity index is 234. The minimum absolute atomic E-state index is 0.410. The molecule has 100 valence electrons. The Morgan fingerprint density at radius 2 is 1.35 bits per heavy atom. The van der Waals surface area contributed by atoms with Gasteiger partial charge in [0.05, 0.1) is 0 Å². The Balaban J connectivity index is 3.40. The lowest BCUT2D eigenvalue weighted by Gasteiger charge is -2.06. The minimum Gasteiger partial charge on any atom is -0.508 e. The largest absolute Gasteiger partial charge is 0.508 e. The van der Waals surface area contributed by atoms with E-state index in [2.05, 4.69) is 13.5 Å². The van der Waals surface area contributed by atoms with Crippen LogP contribution >= 0.6 is 0 Å². The van der Waals surface area contributed by atoms with E-state index >= 15 is 0 Å². The van der Waals surface area contributed by atoms with Crippen molar-refractivity contribution < 1.29 is 5.11 Å². The molecule has 0 rings (SSSR count). The van der Waals surface area contributed by atoms with Crippen LogP contribution in [0.4, 0.5) is 0 Å². The lowest BCUT2D eigenvalue weighted by Crippen LogP contribution is -1.90. The summed E-state index contributed by atoms with van der Waals surface area (Å²) >= 11 is 0. The van der Waals surface area contributed by atoms with Crippen molar-refractivity contribution in [2.75, 3.05) is 0 Å². The zero-order chi connectivity index (χ0) is 13.1. The van der Waals surface area contributed by atoms with Gasteiger partial charge >= 0.3 is 0 Å². The van der Waals surface area contributed by atoms with Gasteiger partial charge in [0.15, 0.2) is 0 Å². The van der Waals surface area contributed by atoms with E-state index in [1.54, 1.807) is 0 Å². The predicted octanol–water partition coefficient (Wildman–Crippen LogP) is 5.93. The van der Waals surface area contributed by atoms with Crippen molar-refractivity contribution >= 4 is 0 Å². The van der Waals surface area contributed by atoms with Gasteiger partial charge in [0.1, 0.15) is 5.76 Å². The summed E-state index contributed by atoms with van der Waals surface area (Å²) in [5.74, 6) is 0.410. The molecule has 0 fully saturated rings. The van der Waals surface area contributed by atoms with Gasteiger partial charge in [0.2, 0.25) is 0 Å². The van der Waals surface area contributed by atoms with Gasteiger partial charge in [-0.25, -0.2) is 0 Å². The second-order valence-electron chi connectivity index (χ2n) is 5.18. The van der Waals surface area contributed by atoms with Crippen LogP contribution < -0.4 is 0 Å². The maximum atomic E-state index is 9.67. The molecule has 1 N–H and O–H groups in total. The lowest BCUT2D eigenvalue weighted by molar-refractivity contribution is 0.410. The zero-order valence-corrected chi connectivity index (χ0v) is 12.0. The van der Waals surface area contributed by atoms with E-state index in [1.165, 1.54) is 44.9 Å². The first-order valence-corrected chi connectivity index (χ1v) is 7.14. The summed E-state index contributed by atoms with van der Waals surface area (Å²) in [6, 6.07) is 0. The smallest absolute Gasteiger partial charge is 0.116 e. The highest BCUT2D eigenvalue weighted by molar-refractivity contribution is 5.24. The van der Waals surface area contributed by atoms with E-state index in [4.69, 9.17) is 0 Å². The standard InChI is InChI=1S/C16H30O/c1-5-6-7-8-9-10-11-12-13-15(4)16(17)14(2)3/h17H,4-13H2,1-3H3. The third-order valence-corrected chi connectivity index (χ3v) is 3.14. The van der Waals surface area contributed by atoms with Crippen LogP contribution in [0.25, 0.3) is 0 Å². The average Bonchev–Trinajstić information content (AvgIpc) is 2.31. The third-order valence-electron chi connectivity index (χ3n) is 3.14. The number of hydrogen-bond acceptors (Lipinski definition) is 1.